The number of halogens is 2. The van der Waals surface area contributed by atoms with E-state index in [0.29, 0.717) is 22.7 Å². The van der Waals surface area contributed by atoms with Crippen molar-refractivity contribution >= 4 is 21.6 Å². The highest BCUT2D eigenvalue weighted by molar-refractivity contribution is 9.10. The Bertz CT molecular complexity index is 569. The van der Waals surface area contributed by atoms with Crippen LogP contribution in [0.2, 0.25) is 0 Å². The maximum absolute atomic E-state index is 13.6. The molecule has 0 aliphatic rings. The maximum atomic E-state index is 13.6. The highest BCUT2D eigenvalue weighted by Gasteiger charge is 2.09. The summed E-state index contributed by atoms with van der Waals surface area (Å²) >= 11 is 3.37. The predicted molar refractivity (Wildman–Crippen MR) is 75.8 cm³/mol. The van der Waals surface area contributed by atoms with Crippen LogP contribution in [0.4, 0.5) is 10.1 Å². The minimum absolute atomic E-state index is 0.0729. The molecule has 0 aromatic heterocycles. The standard InChI is InChI=1S/C14H13BrFNO2/c1-18-9-5-6-14(11(15)7-9)19-8-10-12(16)3-2-4-13(10)17/h2-7H,8,17H2,1H3. The van der Waals surface area contributed by atoms with E-state index < -0.39 is 0 Å². The lowest BCUT2D eigenvalue weighted by Gasteiger charge is -2.11. The van der Waals surface area contributed by atoms with Crippen molar-refractivity contribution in [3.05, 3.63) is 52.3 Å². The third-order valence-electron chi connectivity index (χ3n) is 2.67. The Hall–Kier alpha value is -1.75. The number of hydrogen-bond donors (Lipinski definition) is 1. The van der Waals surface area contributed by atoms with Crippen molar-refractivity contribution in [2.45, 2.75) is 6.61 Å². The van der Waals surface area contributed by atoms with Crippen molar-refractivity contribution < 1.29 is 13.9 Å². The van der Waals surface area contributed by atoms with E-state index in [1.807, 2.05) is 0 Å². The van der Waals surface area contributed by atoms with Crippen molar-refractivity contribution in [1.82, 2.24) is 0 Å². The van der Waals surface area contributed by atoms with Gasteiger partial charge in [0.25, 0.3) is 0 Å². The van der Waals surface area contributed by atoms with E-state index >= 15 is 0 Å². The molecule has 0 bridgehead atoms. The third-order valence-corrected chi connectivity index (χ3v) is 3.29. The van der Waals surface area contributed by atoms with Crippen molar-refractivity contribution in [2.24, 2.45) is 0 Å². The second-order valence-corrected chi connectivity index (χ2v) is 4.75. The van der Waals surface area contributed by atoms with Gasteiger partial charge >= 0.3 is 0 Å². The Morgan fingerprint density at radius 1 is 1.26 bits per heavy atom. The lowest BCUT2D eigenvalue weighted by Crippen LogP contribution is -2.03. The van der Waals surface area contributed by atoms with Gasteiger partial charge in [0, 0.05) is 11.3 Å². The highest BCUT2D eigenvalue weighted by atomic mass is 79.9. The fourth-order valence-electron chi connectivity index (χ4n) is 1.60. The zero-order chi connectivity index (χ0) is 13.8. The number of methoxy groups -OCH3 is 1. The second kappa shape index (κ2) is 5.93. The van der Waals surface area contributed by atoms with Crippen LogP contribution in [-0.2, 0) is 6.61 Å². The summed E-state index contributed by atoms with van der Waals surface area (Å²) in [5, 5.41) is 0. The van der Waals surface area contributed by atoms with Crippen LogP contribution in [0.3, 0.4) is 0 Å². The van der Waals surface area contributed by atoms with Gasteiger partial charge < -0.3 is 15.2 Å². The van der Waals surface area contributed by atoms with Gasteiger partial charge in [0.05, 0.1) is 11.6 Å². The molecule has 0 atom stereocenters. The number of ether oxygens (including phenoxy) is 2. The number of hydrogen-bond acceptors (Lipinski definition) is 3. The summed E-state index contributed by atoms with van der Waals surface area (Å²) in [7, 11) is 1.59. The largest absolute Gasteiger partial charge is 0.497 e. The van der Waals surface area contributed by atoms with E-state index in [1.165, 1.54) is 6.07 Å². The number of anilines is 1. The lowest BCUT2D eigenvalue weighted by atomic mass is 10.2. The lowest BCUT2D eigenvalue weighted by molar-refractivity contribution is 0.298. The molecular weight excluding hydrogens is 313 g/mol. The van der Waals surface area contributed by atoms with Crippen LogP contribution >= 0.6 is 15.9 Å². The van der Waals surface area contributed by atoms with Gasteiger partial charge in [-0.2, -0.15) is 0 Å². The maximum Gasteiger partial charge on any atom is 0.134 e. The van der Waals surface area contributed by atoms with Gasteiger partial charge in [-0.25, -0.2) is 4.39 Å². The Balaban J connectivity index is 2.15. The van der Waals surface area contributed by atoms with E-state index in [9.17, 15) is 4.39 Å². The average molecular weight is 326 g/mol. The first-order valence-electron chi connectivity index (χ1n) is 5.61. The Kier molecular flexibility index (Phi) is 4.27. The molecule has 2 aromatic rings. The smallest absolute Gasteiger partial charge is 0.134 e. The van der Waals surface area contributed by atoms with Crippen LogP contribution in [0, 0.1) is 5.82 Å². The fraction of sp³-hybridized carbons (Fsp3) is 0.143. The summed E-state index contributed by atoms with van der Waals surface area (Å²) in [4.78, 5) is 0. The summed E-state index contributed by atoms with van der Waals surface area (Å²) < 4.78 is 25.0. The van der Waals surface area contributed by atoms with E-state index in [0.717, 1.165) is 4.47 Å². The third kappa shape index (κ3) is 3.17. The molecule has 19 heavy (non-hydrogen) atoms. The van der Waals surface area contributed by atoms with Crippen LogP contribution < -0.4 is 15.2 Å². The molecule has 5 heteroatoms. The molecule has 3 nitrogen and oxygen atoms in total. The summed E-state index contributed by atoms with van der Waals surface area (Å²) in [6.45, 7) is 0.0729. The Labute approximate surface area is 119 Å². The number of benzene rings is 2. The van der Waals surface area contributed by atoms with Crippen molar-refractivity contribution in [3.8, 4) is 11.5 Å². The number of rotatable bonds is 4. The van der Waals surface area contributed by atoms with Crippen LogP contribution in [-0.4, -0.2) is 7.11 Å². The molecule has 2 aromatic carbocycles. The van der Waals surface area contributed by atoms with Gasteiger partial charge in [0.15, 0.2) is 0 Å². The summed E-state index contributed by atoms with van der Waals surface area (Å²) in [5.74, 6) is 0.942. The quantitative estimate of drug-likeness (QED) is 0.870. The number of nitrogens with two attached hydrogens (primary N) is 1. The Morgan fingerprint density at radius 3 is 2.68 bits per heavy atom. The van der Waals surface area contributed by atoms with Gasteiger partial charge in [-0.15, -0.1) is 0 Å². The molecule has 2 N–H and O–H groups in total. The zero-order valence-electron chi connectivity index (χ0n) is 10.3. The van der Waals surface area contributed by atoms with Crippen LogP contribution in [0.25, 0.3) is 0 Å². The molecule has 0 aliphatic carbocycles. The van der Waals surface area contributed by atoms with Crippen LogP contribution in [0.15, 0.2) is 40.9 Å². The molecule has 0 saturated carbocycles. The highest BCUT2D eigenvalue weighted by Crippen LogP contribution is 2.30. The first-order chi connectivity index (χ1) is 9.11. The average Bonchev–Trinajstić information content (AvgIpc) is 2.39. The molecule has 2 rings (SSSR count). The molecule has 100 valence electrons. The molecule has 0 spiro atoms. The second-order valence-electron chi connectivity index (χ2n) is 3.89. The molecule has 0 radical (unpaired) electrons. The fourth-order valence-corrected chi connectivity index (χ4v) is 2.08. The van der Waals surface area contributed by atoms with Gasteiger partial charge in [-0.3, -0.25) is 0 Å². The van der Waals surface area contributed by atoms with E-state index in [-0.39, 0.29) is 12.4 Å². The monoisotopic (exact) mass is 325 g/mol. The van der Waals surface area contributed by atoms with Gasteiger partial charge in [0.2, 0.25) is 0 Å². The van der Waals surface area contributed by atoms with Gasteiger partial charge in [0.1, 0.15) is 23.9 Å². The summed E-state index contributed by atoms with van der Waals surface area (Å²) in [5.41, 5.74) is 6.45. The van der Waals surface area contributed by atoms with Crippen LogP contribution in [0.1, 0.15) is 5.56 Å². The first-order valence-corrected chi connectivity index (χ1v) is 6.40. The number of nitrogen functional groups attached to an aromatic ring is 1. The van der Waals surface area contributed by atoms with E-state index in [1.54, 1.807) is 37.4 Å². The summed E-state index contributed by atoms with van der Waals surface area (Å²) in [6, 6.07) is 9.87. The molecular formula is C14H13BrFNO2. The topological polar surface area (TPSA) is 44.5 Å². The molecule has 0 saturated heterocycles. The predicted octanol–water partition coefficient (Wildman–Crippen LogP) is 3.76. The van der Waals surface area contributed by atoms with Crippen molar-refractivity contribution in [3.63, 3.8) is 0 Å². The van der Waals surface area contributed by atoms with Gasteiger partial charge in [-0.1, -0.05) is 6.07 Å². The van der Waals surface area contributed by atoms with Crippen molar-refractivity contribution in [1.29, 1.82) is 0 Å². The SMILES string of the molecule is COc1ccc(OCc2c(N)cccc2F)c(Br)c1. The molecule has 0 heterocycles. The van der Waals surface area contributed by atoms with E-state index in [4.69, 9.17) is 15.2 Å². The first kappa shape index (κ1) is 13.7. The van der Waals surface area contributed by atoms with E-state index in [2.05, 4.69) is 15.9 Å². The molecule has 0 aliphatic heterocycles. The summed E-state index contributed by atoms with van der Waals surface area (Å²) in [6.07, 6.45) is 0. The zero-order valence-corrected chi connectivity index (χ0v) is 11.9. The molecule has 0 amide bonds. The minimum Gasteiger partial charge on any atom is -0.497 e. The minimum atomic E-state index is -0.371. The van der Waals surface area contributed by atoms with Crippen molar-refractivity contribution in [2.75, 3.05) is 12.8 Å². The van der Waals surface area contributed by atoms with Crippen LogP contribution in [0.5, 0.6) is 11.5 Å². The normalized spacial score (nSPS) is 10.3. The Morgan fingerprint density at radius 2 is 2.05 bits per heavy atom. The molecule has 0 fully saturated rings. The molecule has 0 unspecified atom stereocenters. The van der Waals surface area contributed by atoms with Gasteiger partial charge in [-0.05, 0) is 46.3 Å².